The monoisotopic (exact) mass is 337 g/mol. The summed E-state index contributed by atoms with van der Waals surface area (Å²) in [6, 6.07) is -1.02. The fourth-order valence-electron chi connectivity index (χ4n) is 1.07. The zero-order valence-corrected chi connectivity index (χ0v) is 15.1. The molecular formula is C14H27NO6S. The van der Waals surface area contributed by atoms with Crippen molar-refractivity contribution in [3.05, 3.63) is 0 Å². The molecule has 1 amide bonds. The van der Waals surface area contributed by atoms with E-state index in [1.807, 2.05) is 20.8 Å². The van der Waals surface area contributed by atoms with Crippen LogP contribution in [-0.4, -0.2) is 46.1 Å². The number of hydrogen-bond donors (Lipinski definition) is 3. The Kier molecular flexibility index (Phi) is 9.91. The van der Waals surface area contributed by atoms with Crippen LogP contribution in [0, 0.1) is 0 Å². The highest BCUT2D eigenvalue weighted by atomic mass is 32.1. The third-order valence-electron chi connectivity index (χ3n) is 1.62. The number of carboxylic acid groups (broad SMARTS) is 1. The highest BCUT2D eigenvalue weighted by Gasteiger charge is 2.22. The molecule has 0 heterocycles. The van der Waals surface area contributed by atoms with E-state index in [-0.39, 0.29) is 17.3 Å². The number of carbonyl (C=O) groups is 3. The summed E-state index contributed by atoms with van der Waals surface area (Å²) in [6.07, 6.45) is -0.751. The fourth-order valence-corrected chi connectivity index (χ4v) is 1.31. The number of esters is 1. The van der Waals surface area contributed by atoms with Crippen LogP contribution >= 0.6 is 12.6 Å². The molecule has 0 unspecified atom stereocenters. The van der Waals surface area contributed by atoms with Crippen molar-refractivity contribution in [2.24, 2.45) is 0 Å². The van der Waals surface area contributed by atoms with Crippen LogP contribution in [0.3, 0.4) is 0 Å². The van der Waals surface area contributed by atoms with Gasteiger partial charge in [-0.25, -0.2) is 9.59 Å². The first-order valence-corrected chi connectivity index (χ1v) is 7.34. The molecule has 7 nitrogen and oxygen atoms in total. The molecule has 0 rings (SSSR count). The van der Waals surface area contributed by atoms with Crippen LogP contribution in [0.4, 0.5) is 4.79 Å². The quantitative estimate of drug-likeness (QED) is 0.539. The van der Waals surface area contributed by atoms with Crippen LogP contribution < -0.4 is 5.32 Å². The van der Waals surface area contributed by atoms with Crippen LogP contribution in [0.2, 0.25) is 0 Å². The molecule has 0 aromatic carbocycles. The molecule has 8 heteroatoms. The van der Waals surface area contributed by atoms with Crippen LogP contribution in [0.15, 0.2) is 0 Å². The molecule has 22 heavy (non-hydrogen) atoms. The van der Waals surface area contributed by atoms with E-state index in [9.17, 15) is 14.4 Å². The molecule has 0 saturated carbocycles. The van der Waals surface area contributed by atoms with E-state index in [4.69, 9.17) is 14.6 Å². The van der Waals surface area contributed by atoms with E-state index in [2.05, 4.69) is 17.9 Å². The summed E-state index contributed by atoms with van der Waals surface area (Å²) in [5.41, 5.74) is -0.963. The van der Waals surface area contributed by atoms with Crippen LogP contribution in [-0.2, 0) is 19.1 Å². The Morgan fingerprint density at radius 1 is 1.05 bits per heavy atom. The van der Waals surface area contributed by atoms with Crippen molar-refractivity contribution >= 4 is 30.7 Å². The van der Waals surface area contributed by atoms with E-state index >= 15 is 0 Å². The SMILES string of the molecule is CC(=O)OC(C)(C)C.CC(C)(C)OC(=O)N[C@@H](CS)C(=O)O. The summed E-state index contributed by atoms with van der Waals surface area (Å²) in [4.78, 5) is 31.9. The topological polar surface area (TPSA) is 102 Å². The van der Waals surface area contributed by atoms with Crippen molar-refractivity contribution in [3.63, 3.8) is 0 Å². The number of carboxylic acids is 1. The summed E-state index contributed by atoms with van der Waals surface area (Å²) in [5.74, 6) is -1.34. The van der Waals surface area contributed by atoms with E-state index in [0.717, 1.165) is 0 Å². The maximum Gasteiger partial charge on any atom is 0.408 e. The van der Waals surface area contributed by atoms with Gasteiger partial charge in [0, 0.05) is 12.7 Å². The maximum absolute atomic E-state index is 11.1. The van der Waals surface area contributed by atoms with Gasteiger partial charge < -0.3 is 19.9 Å². The molecule has 2 N–H and O–H groups in total. The molecule has 0 spiro atoms. The second-order valence-electron chi connectivity index (χ2n) is 6.43. The van der Waals surface area contributed by atoms with Gasteiger partial charge in [0.25, 0.3) is 0 Å². The largest absolute Gasteiger partial charge is 0.480 e. The number of ether oxygens (including phenoxy) is 2. The molecule has 0 radical (unpaired) electrons. The Bertz CT molecular complexity index is 384. The van der Waals surface area contributed by atoms with E-state index in [1.165, 1.54) is 6.92 Å². The second kappa shape index (κ2) is 9.55. The Morgan fingerprint density at radius 2 is 1.45 bits per heavy atom. The molecule has 1 atom stereocenters. The Morgan fingerprint density at radius 3 is 1.64 bits per heavy atom. The lowest BCUT2D eigenvalue weighted by molar-refractivity contribution is -0.151. The number of alkyl carbamates (subject to hydrolysis) is 1. The third-order valence-corrected chi connectivity index (χ3v) is 1.99. The molecule has 0 aliphatic rings. The minimum atomic E-state index is -1.13. The van der Waals surface area contributed by atoms with Gasteiger partial charge in [-0.15, -0.1) is 0 Å². The first-order chi connectivity index (χ1) is 9.68. The van der Waals surface area contributed by atoms with Gasteiger partial charge in [0.15, 0.2) is 0 Å². The number of carbonyl (C=O) groups excluding carboxylic acids is 2. The van der Waals surface area contributed by atoms with Crippen molar-refractivity contribution in [2.75, 3.05) is 5.75 Å². The Labute approximate surface area is 137 Å². The van der Waals surface area contributed by atoms with Crippen molar-refractivity contribution in [1.82, 2.24) is 5.32 Å². The summed E-state index contributed by atoms with van der Waals surface area (Å²) in [7, 11) is 0. The molecule has 0 aromatic rings. The third kappa shape index (κ3) is 16.6. The average Bonchev–Trinajstić information content (AvgIpc) is 2.19. The van der Waals surface area contributed by atoms with Gasteiger partial charge in [-0.2, -0.15) is 12.6 Å². The van der Waals surface area contributed by atoms with Gasteiger partial charge in [-0.05, 0) is 41.5 Å². The molecule has 0 bridgehead atoms. The first kappa shape index (κ1) is 22.8. The lowest BCUT2D eigenvalue weighted by Crippen LogP contribution is -2.44. The normalized spacial score (nSPS) is 12.4. The second-order valence-corrected chi connectivity index (χ2v) is 6.79. The van der Waals surface area contributed by atoms with Gasteiger partial charge in [0.1, 0.15) is 17.2 Å². The molecule has 0 fully saturated rings. The number of hydrogen-bond acceptors (Lipinski definition) is 6. The average molecular weight is 337 g/mol. The van der Waals surface area contributed by atoms with Crippen molar-refractivity contribution in [3.8, 4) is 0 Å². The molecule has 0 saturated heterocycles. The number of nitrogens with one attached hydrogen (secondary N) is 1. The zero-order chi connectivity index (χ0) is 18.1. The molecular weight excluding hydrogens is 310 g/mol. The van der Waals surface area contributed by atoms with Gasteiger partial charge >= 0.3 is 18.0 Å². The highest BCUT2D eigenvalue weighted by molar-refractivity contribution is 7.80. The van der Waals surface area contributed by atoms with E-state index in [1.54, 1.807) is 20.8 Å². The molecule has 0 aliphatic heterocycles. The van der Waals surface area contributed by atoms with Crippen molar-refractivity contribution in [2.45, 2.75) is 65.7 Å². The van der Waals surface area contributed by atoms with Crippen LogP contribution in [0.1, 0.15) is 48.5 Å². The number of rotatable bonds is 3. The summed E-state index contributed by atoms with van der Waals surface area (Å²) < 4.78 is 9.67. The smallest absolute Gasteiger partial charge is 0.408 e. The first-order valence-electron chi connectivity index (χ1n) is 6.70. The summed E-state index contributed by atoms with van der Waals surface area (Å²) >= 11 is 3.79. The van der Waals surface area contributed by atoms with Crippen molar-refractivity contribution in [1.29, 1.82) is 0 Å². The summed E-state index contributed by atoms with van der Waals surface area (Å²) in [6.45, 7) is 12.0. The summed E-state index contributed by atoms with van der Waals surface area (Å²) in [5, 5.41) is 10.8. The number of aliphatic carboxylic acids is 1. The molecule has 0 aliphatic carbocycles. The predicted octanol–water partition coefficient (Wildman–Crippen LogP) is 2.24. The fraction of sp³-hybridized carbons (Fsp3) is 0.786. The van der Waals surface area contributed by atoms with Crippen LogP contribution in [0.25, 0.3) is 0 Å². The maximum atomic E-state index is 11.1. The van der Waals surface area contributed by atoms with Gasteiger partial charge in [-0.3, -0.25) is 4.79 Å². The lowest BCUT2D eigenvalue weighted by Gasteiger charge is -2.21. The minimum absolute atomic E-state index is 0.0224. The van der Waals surface area contributed by atoms with E-state index in [0.29, 0.717) is 0 Å². The van der Waals surface area contributed by atoms with Gasteiger partial charge in [0.2, 0.25) is 0 Å². The lowest BCUT2D eigenvalue weighted by atomic mass is 10.2. The standard InChI is InChI=1S/C8H15NO4S.C6H12O2/c1-8(2,3)13-7(12)9-5(4-14)6(10)11;1-5(7)8-6(2,3)4/h5,14H,4H2,1-3H3,(H,9,12)(H,10,11);1-4H3/t5-;/m0./s1. The Hall–Kier alpha value is -1.44. The Balaban J connectivity index is 0. The van der Waals surface area contributed by atoms with E-state index < -0.39 is 23.7 Å². The molecule has 130 valence electrons. The minimum Gasteiger partial charge on any atom is -0.480 e. The van der Waals surface area contributed by atoms with Crippen molar-refractivity contribution < 1.29 is 29.0 Å². The number of thiol groups is 1. The van der Waals surface area contributed by atoms with Gasteiger partial charge in [-0.1, -0.05) is 0 Å². The zero-order valence-electron chi connectivity index (χ0n) is 14.2. The predicted molar refractivity (Wildman–Crippen MR) is 86.2 cm³/mol. The molecule has 0 aromatic heterocycles. The van der Waals surface area contributed by atoms with Gasteiger partial charge in [0.05, 0.1) is 0 Å². The highest BCUT2D eigenvalue weighted by Crippen LogP contribution is 2.07. The van der Waals surface area contributed by atoms with Crippen LogP contribution in [0.5, 0.6) is 0 Å². The number of amides is 1.